The Morgan fingerprint density at radius 2 is 2.07 bits per heavy atom. The summed E-state index contributed by atoms with van der Waals surface area (Å²) in [6.45, 7) is 0.417. The van der Waals surface area contributed by atoms with Crippen molar-refractivity contribution in [2.75, 3.05) is 20.5 Å². The Hall–Kier alpha value is -1.39. The monoisotopic (exact) mass is 195 g/mol. The van der Waals surface area contributed by atoms with E-state index >= 15 is 0 Å². The van der Waals surface area contributed by atoms with Crippen molar-refractivity contribution in [3.05, 3.63) is 35.9 Å². The molecule has 76 valence electrons. The highest BCUT2D eigenvalue weighted by Gasteiger charge is 2.02. The van der Waals surface area contributed by atoms with Crippen molar-refractivity contribution in [3.8, 4) is 0 Å². The molecule has 0 bridgehead atoms. The van der Waals surface area contributed by atoms with Crippen molar-refractivity contribution in [1.82, 2.24) is 0 Å². The maximum Gasteiger partial charge on any atom is 0.146 e. The first-order valence-electron chi connectivity index (χ1n) is 4.21. The van der Waals surface area contributed by atoms with Crippen LogP contribution in [0.15, 0.2) is 35.5 Å². The van der Waals surface area contributed by atoms with E-state index in [1.165, 1.54) is 7.11 Å². The molecule has 0 aliphatic heterocycles. The van der Waals surface area contributed by atoms with Crippen LogP contribution in [0.5, 0.6) is 0 Å². The van der Waals surface area contributed by atoms with Gasteiger partial charge in [-0.15, -0.1) is 0 Å². The SMILES string of the molecule is COCOCC(=NO)c1ccccc1. The van der Waals surface area contributed by atoms with Crippen LogP contribution < -0.4 is 0 Å². The van der Waals surface area contributed by atoms with Crippen molar-refractivity contribution in [1.29, 1.82) is 0 Å². The van der Waals surface area contributed by atoms with Gasteiger partial charge < -0.3 is 14.7 Å². The molecule has 4 heteroatoms. The summed E-state index contributed by atoms with van der Waals surface area (Å²) in [6.07, 6.45) is 0. The number of oxime groups is 1. The van der Waals surface area contributed by atoms with Crippen molar-refractivity contribution in [2.24, 2.45) is 5.16 Å². The molecule has 1 N–H and O–H groups in total. The molecule has 0 radical (unpaired) electrons. The van der Waals surface area contributed by atoms with E-state index in [-0.39, 0.29) is 13.4 Å². The van der Waals surface area contributed by atoms with Crippen LogP contribution >= 0.6 is 0 Å². The molecular weight excluding hydrogens is 182 g/mol. The van der Waals surface area contributed by atoms with Crippen LogP contribution in [0.25, 0.3) is 0 Å². The molecule has 0 spiro atoms. The van der Waals surface area contributed by atoms with Crippen molar-refractivity contribution < 1.29 is 14.7 Å². The second-order valence-electron chi connectivity index (χ2n) is 2.67. The number of hydrogen-bond acceptors (Lipinski definition) is 4. The molecule has 1 aromatic rings. The van der Waals surface area contributed by atoms with E-state index < -0.39 is 0 Å². The smallest absolute Gasteiger partial charge is 0.146 e. The summed E-state index contributed by atoms with van der Waals surface area (Å²) in [5.41, 5.74) is 1.33. The maximum atomic E-state index is 8.75. The highest BCUT2D eigenvalue weighted by atomic mass is 16.7. The summed E-state index contributed by atoms with van der Waals surface area (Å²) < 4.78 is 9.79. The molecule has 14 heavy (non-hydrogen) atoms. The van der Waals surface area contributed by atoms with Gasteiger partial charge in [0.1, 0.15) is 12.5 Å². The lowest BCUT2D eigenvalue weighted by Crippen LogP contribution is -2.11. The van der Waals surface area contributed by atoms with Gasteiger partial charge in [0.15, 0.2) is 0 Å². The third-order valence-electron chi connectivity index (χ3n) is 1.67. The first-order chi connectivity index (χ1) is 6.88. The lowest BCUT2D eigenvalue weighted by atomic mass is 10.1. The van der Waals surface area contributed by atoms with Gasteiger partial charge in [-0.2, -0.15) is 0 Å². The van der Waals surface area contributed by atoms with Crippen molar-refractivity contribution >= 4 is 5.71 Å². The molecule has 0 aliphatic rings. The second-order valence-corrected chi connectivity index (χ2v) is 2.67. The van der Waals surface area contributed by atoms with Crippen LogP contribution in [0.4, 0.5) is 0 Å². The highest BCUT2D eigenvalue weighted by Crippen LogP contribution is 2.01. The molecule has 0 unspecified atom stereocenters. The molecule has 0 saturated carbocycles. The molecule has 1 aromatic carbocycles. The molecule has 0 fully saturated rings. The van der Waals surface area contributed by atoms with E-state index in [2.05, 4.69) is 5.16 Å². The van der Waals surface area contributed by atoms with E-state index in [9.17, 15) is 0 Å². The minimum Gasteiger partial charge on any atom is -0.411 e. The van der Waals surface area contributed by atoms with Gasteiger partial charge in [-0.25, -0.2) is 0 Å². The molecule has 0 amide bonds. The first kappa shape index (κ1) is 10.7. The van der Waals surface area contributed by atoms with Crippen LogP contribution in [-0.2, 0) is 9.47 Å². The Bertz CT molecular complexity index is 285. The molecule has 1 rings (SSSR count). The number of hydrogen-bond donors (Lipinski definition) is 1. The predicted octanol–water partition coefficient (Wildman–Crippen LogP) is 1.49. The maximum absolute atomic E-state index is 8.75. The molecule has 0 aromatic heterocycles. The number of benzene rings is 1. The zero-order valence-electron chi connectivity index (χ0n) is 8.01. The number of methoxy groups -OCH3 is 1. The zero-order valence-corrected chi connectivity index (χ0v) is 8.01. The van der Waals surface area contributed by atoms with E-state index in [1.807, 2.05) is 30.3 Å². The lowest BCUT2D eigenvalue weighted by molar-refractivity contribution is -0.0148. The average Bonchev–Trinajstić information content (AvgIpc) is 2.26. The Balaban J connectivity index is 2.56. The average molecular weight is 195 g/mol. The third kappa shape index (κ3) is 3.16. The summed E-state index contributed by atoms with van der Waals surface area (Å²) in [6, 6.07) is 9.35. The van der Waals surface area contributed by atoms with Gasteiger partial charge in [-0.05, 0) is 0 Å². The van der Waals surface area contributed by atoms with Gasteiger partial charge >= 0.3 is 0 Å². The van der Waals surface area contributed by atoms with Crippen molar-refractivity contribution in [2.45, 2.75) is 0 Å². The van der Waals surface area contributed by atoms with Gasteiger partial charge in [-0.3, -0.25) is 0 Å². The quantitative estimate of drug-likeness (QED) is 0.254. The summed E-state index contributed by atoms with van der Waals surface area (Å²) in [5, 5.41) is 11.9. The molecule has 0 atom stereocenters. The van der Waals surface area contributed by atoms with E-state index in [1.54, 1.807) is 0 Å². The van der Waals surface area contributed by atoms with Crippen LogP contribution in [-0.4, -0.2) is 31.4 Å². The van der Waals surface area contributed by atoms with Gasteiger partial charge in [0.05, 0.1) is 6.61 Å². The van der Waals surface area contributed by atoms with Gasteiger partial charge in [0.2, 0.25) is 0 Å². The summed E-state index contributed by atoms with van der Waals surface area (Å²) in [7, 11) is 1.54. The van der Waals surface area contributed by atoms with Crippen LogP contribution in [0.2, 0.25) is 0 Å². The Morgan fingerprint density at radius 3 is 2.64 bits per heavy atom. The fraction of sp³-hybridized carbons (Fsp3) is 0.300. The Labute approximate surface area is 82.8 Å². The largest absolute Gasteiger partial charge is 0.411 e. The summed E-state index contributed by atoms with van der Waals surface area (Å²) in [4.78, 5) is 0. The molecule has 0 aliphatic carbocycles. The highest BCUT2D eigenvalue weighted by molar-refractivity contribution is 6.01. The lowest BCUT2D eigenvalue weighted by Gasteiger charge is -2.04. The van der Waals surface area contributed by atoms with Crippen LogP contribution in [0.1, 0.15) is 5.56 Å². The number of nitrogens with zero attached hydrogens (tertiary/aromatic N) is 1. The number of ether oxygens (including phenoxy) is 2. The molecule has 0 saturated heterocycles. The van der Waals surface area contributed by atoms with Crippen LogP contribution in [0.3, 0.4) is 0 Å². The number of rotatable bonds is 5. The van der Waals surface area contributed by atoms with E-state index in [0.29, 0.717) is 5.71 Å². The third-order valence-corrected chi connectivity index (χ3v) is 1.67. The fourth-order valence-corrected chi connectivity index (χ4v) is 1.02. The summed E-state index contributed by atoms with van der Waals surface area (Å²) in [5.74, 6) is 0. The molecule has 0 heterocycles. The first-order valence-corrected chi connectivity index (χ1v) is 4.21. The standard InChI is InChI=1S/C10H13NO3/c1-13-8-14-7-10(11-12)9-5-3-2-4-6-9/h2-6,12H,7-8H2,1H3. The Morgan fingerprint density at radius 1 is 1.36 bits per heavy atom. The van der Waals surface area contributed by atoms with E-state index in [4.69, 9.17) is 14.7 Å². The zero-order chi connectivity index (χ0) is 10.2. The second kappa shape index (κ2) is 6.12. The van der Waals surface area contributed by atoms with Gasteiger partial charge in [0.25, 0.3) is 0 Å². The van der Waals surface area contributed by atoms with E-state index in [0.717, 1.165) is 5.56 Å². The Kier molecular flexibility index (Phi) is 4.68. The molecular formula is C10H13NO3. The van der Waals surface area contributed by atoms with Crippen molar-refractivity contribution in [3.63, 3.8) is 0 Å². The topological polar surface area (TPSA) is 51.0 Å². The minimum absolute atomic E-state index is 0.186. The van der Waals surface area contributed by atoms with Gasteiger partial charge in [0, 0.05) is 12.7 Å². The van der Waals surface area contributed by atoms with Gasteiger partial charge in [-0.1, -0.05) is 35.5 Å². The fourth-order valence-electron chi connectivity index (χ4n) is 1.02. The normalized spacial score (nSPS) is 11.6. The predicted molar refractivity (Wildman–Crippen MR) is 52.6 cm³/mol. The summed E-state index contributed by atoms with van der Waals surface area (Å²) >= 11 is 0. The molecule has 4 nitrogen and oxygen atoms in total. The minimum atomic E-state index is 0.186. The van der Waals surface area contributed by atoms with Crippen LogP contribution in [0, 0.1) is 0 Å².